The van der Waals surface area contributed by atoms with E-state index in [9.17, 15) is 9.59 Å². The molecule has 0 aromatic heterocycles. The van der Waals surface area contributed by atoms with E-state index in [0.29, 0.717) is 24.3 Å². The molecule has 0 N–H and O–H groups in total. The van der Waals surface area contributed by atoms with Gasteiger partial charge < -0.3 is 9.47 Å². The summed E-state index contributed by atoms with van der Waals surface area (Å²) in [6.07, 6.45) is 9.72. The molecular weight excluding hydrogens is 340 g/mol. The van der Waals surface area contributed by atoms with E-state index in [-0.39, 0.29) is 17.4 Å². The summed E-state index contributed by atoms with van der Waals surface area (Å²) in [5.41, 5.74) is 1.21. The van der Waals surface area contributed by atoms with E-state index >= 15 is 0 Å². The molecule has 0 unspecified atom stereocenters. The van der Waals surface area contributed by atoms with Gasteiger partial charge in [0.2, 0.25) is 0 Å². The molecule has 4 fully saturated rings. The van der Waals surface area contributed by atoms with E-state index in [1.807, 2.05) is 0 Å². The lowest BCUT2D eigenvalue weighted by Gasteiger charge is -2.56. The van der Waals surface area contributed by atoms with Crippen LogP contribution in [0.15, 0.2) is 24.3 Å². The number of esters is 2. The number of hydrogen-bond acceptors (Lipinski definition) is 4. The predicted octanol–water partition coefficient (Wildman–Crippen LogP) is 5.02. The molecule has 0 aliphatic heterocycles. The third-order valence-corrected chi connectivity index (χ3v) is 6.76. The van der Waals surface area contributed by atoms with Crippen molar-refractivity contribution in [2.75, 3.05) is 13.2 Å². The molecule has 146 valence electrons. The number of hydrogen-bond donors (Lipinski definition) is 0. The molecular formula is C23H30O4. The van der Waals surface area contributed by atoms with E-state index in [1.165, 1.54) is 38.5 Å². The summed E-state index contributed by atoms with van der Waals surface area (Å²) in [7, 11) is 0. The Hall–Kier alpha value is -1.84. The second kappa shape index (κ2) is 7.65. The van der Waals surface area contributed by atoms with Gasteiger partial charge in [-0.05, 0) is 87.0 Å². The first-order chi connectivity index (χ1) is 13.1. The Balaban J connectivity index is 1.32. The molecule has 0 amide bonds. The fraction of sp³-hybridized carbons (Fsp3) is 0.652. The Morgan fingerprint density at radius 1 is 0.889 bits per heavy atom. The van der Waals surface area contributed by atoms with Gasteiger partial charge in [0.25, 0.3) is 0 Å². The van der Waals surface area contributed by atoms with Gasteiger partial charge in [-0.1, -0.05) is 13.3 Å². The lowest BCUT2D eigenvalue weighted by molar-refractivity contribution is -0.0848. The molecule has 0 radical (unpaired) electrons. The first-order valence-corrected chi connectivity index (χ1v) is 10.5. The smallest absolute Gasteiger partial charge is 0.338 e. The minimum absolute atomic E-state index is 0.230. The molecule has 27 heavy (non-hydrogen) atoms. The standard InChI is InChI=1S/C23H30O4/c1-2-3-8-26-21(24)19-4-6-20(7-5-19)22(25)27-15-23-12-16-9-17(13-23)11-18(10-16)14-23/h4-7,16-18H,2-3,8-15H2,1H3. The zero-order valence-corrected chi connectivity index (χ0v) is 16.2. The monoisotopic (exact) mass is 370 g/mol. The van der Waals surface area contributed by atoms with Crippen LogP contribution in [0.1, 0.15) is 79.0 Å². The maximum absolute atomic E-state index is 12.5. The minimum Gasteiger partial charge on any atom is -0.462 e. The Morgan fingerprint density at radius 3 is 1.85 bits per heavy atom. The molecule has 4 saturated carbocycles. The fourth-order valence-electron chi connectivity index (χ4n) is 5.90. The highest BCUT2D eigenvalue weighted by Crippen LogP contribution is 2.60. The molecule has 0 heterocycles. The lowest BCUT2D eigenvalue weighted by atomic mass is 9.50. The van der Waals surface area contributed by atoms with Gasteiger partial charge in [0.1, 0.15) is 0 Å². The molecule has 0 atom stereocenters. The summed E-state index contributed by atoms with van der Waals surface area (Å²) in [5.74, 6) is 1.95. The highest BCUT2D eigenvalue weighted by molar-refractivity contribution is 5.93. The SMILES string of the molecule is CCCCOC(=O)c1ccc(C(=O)OCC23CC4CC(CC(C4)C2)C3)cc1. The maximum atomic E-state index is 12.5. The zero-order chi connectivity index (χ0) is 18.9. The van der Waals surface area contributed by atoms with Gasteiger partial charge in [-0.15, -0.1) is 0 Å². The largest absolute Gasteiger partial charge is 0.462 e. The zero-order valence-electron chi connectivity index (χ0n) is 16.2. The van der Waals surface area contributed by atoms with Crippen LogP contribution in [0.3, 0.4) is 0 Å². The van der Waals surface area contributed by atoms with Crippen LogP contribution in [0.25, 0.3) is 0 Å². The minimum atomic E-state index is -0.336. The number of benzene rings is 1. The highest BCUT2D eigenvalue weighted by atomic mass is 16.5. The van der Waals surface area contributed by atoms with Gasteiger partial charge in [-0.2, -0.15) is 0 Å². The van der Waals surface area contributed by atoms with Crippen LogP contribution in [0, 0.1) is 23.2 Å². The van der Waals surface area contributed by atoms with Crippen molar-refractivity contribution >= 4 is 11.9 Å². The van der Waals surface area contributed by atoms with Gasteiger partial charge in [-0.3, -0.25) is 0 Å². The molecule has 4 nitrogen and oxygen atoms in total. The topological polar surface area (TPSA) is 52.6 Å². The van der Waals surface area contributed by atoms with Crippen molar-refractivity contribution in [1.82, 2.24) is 0 Å². The van der Waals surface area contributed by atoms with Gasteiger partial charge in [0, 0.05) is 5.41 Å². The van der Waals surface area contributed by atoms with Gasteiger partial charge in [-0.25, -0.2) is 9.59 Å². The summed E-state index contributed by atoms with van der Waals surface area (Å²) in [6.45, 7) is 3.04. The van der Waals surface area contributed by atoms with E-state index in [4.69, 9.17) is 9.47 Å². The van der Waals surface area contributed by atoms with Crippen LogP contribution >= 0.6 is 0 Å². The van der Waals surface area contributed by atoms with Crippen molar-refractivity contribution in [2.45, 2.75) is 58.3 Å². The van der Waals surface area contributed by atoms with Gasteiger partial charge in [0.05, 0.1) is 24.3 Å². The van der Waals surface area contributed by atoms with E-state index < -0.39 is 0 Å². The Labute approximate surface area is 161 Å². The van der Waals surface area contributed by atoms with Crippen LogP contribution in [0.5, 0.6) is 0 Å². The van der Waals surface area contributed by atoms with Crippen molar-refractivity contribution in [3.8, 4) is 0 Å². The third kappa shape index (κ3) is 4.04. The third-order valence-electron chi connectivity index (χ3n) is 6.76. The number of carbonyl (C=O) groups is 2. The first kappa shape index (κ1) is 18.5. The molecule has 4 heteroatoms. The van der Waals surface area contributed by atoms with Crippen LogP contribution in [0.4, 0.5) is 0 Å². The normalized spacial score (nSPS) is 30.9. The Bertz CT molecular complexity index is 656. The van der Waals surface area contributed by atoms with Crippen molar-refractivity contribution in [3.05, 3.63) is 35.4 Å². The fourth-order valence-corrected chi connectivity index (χ4v) is 5.90. The maximum Gasteiger partial charge on any atom is 0.338 e. The van der Waals surface area contributed by atoms with Crippen LogP contribution < -0.4 is 0 Å². The van der Waals surface area contributed by atoms with Crippen molar-refractivity contribution in [2.24, 2.45) is 23.2 Å². The lowest BCUT2D eigenvalue weighted by Crippen LogP contribution is -2.48. The van der Waals surface area contributed by atoms with Crippen molar-refractivity contribution < 1.29 is 19.1 Å². The van der Waals surface area contributed by atoms with Crippen molar-refractivity contribution in [1.29, 1.82) is 0 Å². The molecule has 4 bridgehead atoms. The summed E-state index contributed by atoms with van der Waals surface area (Å²) < 4.78 is 10.9. The van der Waals surface area contributed by atoms with Gasteiger partial charge in [0.15, 0.2) is 0 Å². The van der Waals surface area contributed by atoms with E-state index in [1.54, 1.807) is 24.3 Å². The van der Waals surface area contributed by atoms with Crippen LogP contribution in [0.2, 0.25) is 0 Å². The molecule has 4 aliphatic carbocycles. The first-order valence-electron chi connectivity index (χ1n) is 10.5. The summed E-state index contributed by atoms with van der Waals surface area (Å²) in [5, 5.41) is 0. The number of unbranched alkanes of at least 4 members (excludes halogenated alkanes) is 1. The molecule has 1 aromatic carbocycles. The van der Waals surface area contributed by atoms with Crippen LogP contribution in [-0.4, -0.2) is 25.2 Å². The molecule has 4 aliphatic rings. The second-order valence-corrected chi connectivity index (χ2v) is 9.06. The Morgan fingerprint density at radius 2 is 1.37 bits per heavy atom. The molecule has 0 saturated heterocycles. The number of carbonyl (C=O) groups excluding carboxylic acids is 2. The van der Waals surface area contributed by atoms with E-state index in [2.05, 4.69) is 6.92 Å². The predicted molar refractivity (Wildman–Crippen MR) is 103 cm³/mol. The molecule has 5 rings (SSSR count). The average molecular weight is 370 g/mol. The second-order valence-electron chi connectivity index (χ2n) is 9.06. The number of rotatable bonds is 7. The Kier molecular flexibility index (Phi) is 5.25. The summed E-state index contributed by atoms with van der Waals surface area (Å²) >= 11 is 0. The van der Waals surface area contributed by atoms with Crippen LogP contribution in [-0.2, 0) is 9.47 Å². The molecule has 1 aromatic rings. The summed E-state index contributed by atoms with van der Waals surface area (Å²) in [6, 6.07) is 6.63. The highest BCUT2D eigenvalue weighted by Gasteiger charge is 2.51. The van der Waals surface area contributed by atoms with Crippen molar-refractivity contribution in [3.63, 3.8) is 0 Å². The number of ether oxygens (including phenoxy) is 2. The van der Waals surface area contributed by atoms with Gasteiger partial charge >= 0.3 is 11.9 Å². The average Bonchev–Trinajstić information content (AvgIpc) is 2.65. The quantitative estimate of drug-likeness (QED) is 0.500. The molecule has 0 spiro atoms. The summed E-state index contributed by atoms with van der Waals surface area (Å²) in [4.78, 5) is 24.4. The van der Waals surface area contributed by atoms with E-state index in [0.717, 1.165) is 30.6 Å².